The number of para-hydroxylation sites is 1. The maximum atomic E-state index is 13.4. The summed E-state index contributed by atoms with van der Waals surface area (Å²) in [6.07, 6.45) is 1.49. The molecule has 3 aromatic rings. The fraction of sp³-hybridized carbons (Fsp3) is 0.261. The lowest BCUT2D eigenvalue weighted by molar-refractivity contribution is -0.113. The number of hydrogen-bond acceptors (Lipinski definition) is 5. The Morgan fingerprint density at radius 1 is 1.16 bits per heavy atom. The highest BCUT2D eigenvalue weighted by molar-refractivity contribution is 6.33. The fourth-order valence-electron chi connectivity index (χ4n) is 3.90. The van der Waals surface area contributed by atoms with E-state index in [1.165, 1.54) is 6.33 Å². The van der Waals surface area contributed by atoms with Crippen LogP contribution in [0, 0.1) is 0 Å². The summed E-state index contributed by atoms with van der Waals surface area (Å²) in [4.78, 5) is 19.9. The molecule has 0 unspecified atom stereocenters. The molecule has 0 aliphatic carbocycles. The third-order valence-electron chi connectivity index (χ3n) is 5.50. The van der Waals surface area contributed by atoms with E-state index in [2.05, 4.69) is 51.6 Å². The highest BCUT2D eigenvalue weighted by Gasteiger charge is 2.33. The Labute approximate surface area is 186 Å². The van der Waals surface area contributed by atoms with Crippen molar-refractivity contribution >= 4 is 34.8 Å². The van der Waals surface area contributed by atoms with Gasteiger partial charge in [-0.05, 0) is 50.6 Å². The van der Waals surface area contributed by atoms with Crippen LogP contribution in [0.1, 0.15) is 32.4 Å². The van der Waals surface area contributed by atoms with E-state index < -0.39 is 6.04 Å². The first kappa shape index (κ1) is 20.9. The van der Waals surface area contributed by atoms with E-state index in [0.717, 1.165) is 30.0 Å². The third-order valence-corrected chi connectivity index (χ3v) is 5.83. The number of fused-ring (bicyclic) bond motifs is 1. The number of nitrogens with zero attached hydrogens (tertiary/aromatic N) is 4. The van der Waals surface area contributed by atoms with Crippen LogP contribution in [0.5, 0.6) is 0 Å². The Bertz CT molecular complexity index is 1120. The van der Waals surface area contributed by atoms with E-state index in [-0.39, 0.29) is 5.91 Å². The van der Waals surface area contributed by atoms with Crippen molar-refractivity contribution in [3.63, 3.8) is 0 Å². The van der Waals surface area contributed by atoms with Gasteiger partial charge in [0.2, 0.25) is 5.95 Å². The van der Waals surface area contributed by atoms with Gasteiger partial charge in [-0.1, -0.05) is 35.9 Å². The first-order valence-electron chi connectivity index (χ1n) is 10.3. The third kappa shape index (κ3) is 4.01. The molecule has 0 saturated heterocycles. The van der Waals surface area contributed by atoms with Crippen LogP contribution in [0.15, 0.2) is 66.1 Å². The molecule has 1 atom stereocenters. The minimum atomic E-state index is -0.410. The Hall–Kier alpha value is -3.32. The molecule has 31 heavy (non-hydrogen) atoms. The summed E-state index contributed by atoms with van der Waals surface area (Å²) in [7, 11) is 0. The van der Waals surface area contributed by atoms with Crippen LogP contribution < -0.4 is 15.5 Å². The normalized spacial score (nSPS) is 15.3. The Balaban J connectivity index is 1.73. The highest BCUT2D eigenvalue weighted by atomic mass is 35.5. The number of benzene rings is 2. The van der Waals surface area contributed by atoms with Gasteiger partial charge in [-0.3, -0.25) is 4.79 Å². The molecule has 2 heterocycles. The van der Waals surface area contributed by atoms with Gasteiger partial charge in [-0.15, -0.1) is 0 Å². The quantitative estimate of drug-likeness (QED) is 0.585. The maximum absolute atomic E-state index is 13.4. The van der Waals surface area contributed by atoms with Gasteiger partial charge in [0.15, 0.2) is 0 Å². The number of hydrogen-bond donors (Lipinski definition) is 2. The molecule has 0 fully saturated rings. The van der Waals surface area contributed by atoms with Crippen LogP contribution in [0.3, 0.4) is 0 Å². The van der Waals surface area contributed by atoms with E-state index in [9.17, 15) is 4.79 Å². The minimum absolute atomic E-state index is 0.239. The molecular weight excluding hydrogens is 412 g/mol. The molecule has 0 bridgehead atoms. The average Bonchev–Trinajstić information content (AvgIpc) is 3.23. The lowest BCUT2D eigenvalue weighted by Gasteiger charge is -2.29. The fourth-order valence-corrected chi connectivity index (χ4v) is 4.08. The summed E-state index contributed by atoms with van der Waals surface area (Å²) in [5, 5.41) is 11.0. The largest absolute Gasteiger partial charge is 0.372 e. The number of aromatic nitrogens is 3. The van der Waals surface area contributed by atoms with Crippen molar-refractivity contribution in [1.82, 2.24) is 14.8 Å². The van der Waals surface area contributed by atoms with Gasteiger partial charge in [0.25, 0.3) is 5.91 Å². The standard InChI is InChI=1S/C23H25ClN6O/c1-4-29(5-2)17-12-10-16(11-13-17)21-20(15(3)27-23-25-14-26-30(21)23)22(31)28-19-9-7-6-8-18(19)24/h6-14,21H,4-5H2,1-3H3,(H,28,31)(H,25,26,27)/t21-/m0/s1. The van der Waals surface area contributed by atoms with Crippen LogP contribution in [0.4, 0.5) is 17.3 Å². The first-order valence-corrected chi connectivity index (χ1v) is 10.7. The van der Waals surface area contributed by atoms with Gasteiger partial charge in [-0.2, -0.15) is 10.1 Å². The molecule has 1 amide bonds. The Morgan fingerprint density at radius 2 is 1.87 bits per heavy atom. The molecular formula is C23H25ClN6O. The molecule has 2 aromatic carbocycles. The summed E-state index contributed by atoms with van der Waals surface area (Å²) in [6, 6.07) is 15.0. The van der Waals surface area contributed by atoms with Crippen LogP contribution in [-0.2, 0) is 4.79 Å². The number of carbonyl (C=O) groups excluding carboxylic acids is 1. The predicted molar refractivity (Wildman–Crippen MR) is 125 cm³/mol. The number of nitrogens with one attached hydrogen (secondary N) is 2. The molecule has 2 N–H and O–H groups in total. The van der Waals surface area contributed by atoms with Gasteiger partial charge < -0.3 is 15.5 Å². The zero-order chi connectivity index (χ0) is 22.0. The second kappa shape index (κ2) is 8.81. The zero-order valence-corrected chi connectivity index (χ0v) is 18.5. The first-order chi connectivity index (χ1) is 15.0. The van der Waals surface area contributed by atoms with Crippen molar-refractivity contribution in [3.05, 3.63) is 76.7 Å². The van der Waals surface area contributed by atoms with Crippen molar-refractivity contribution in [2.45, 2.75) is 26.8 Å². The maximum Gasteiger partial charge on any atom is 0.255 e. The van der Waals surface area contributed by atoms with Crippen molar-refractivity contribution < 1.29 is 4.79 Å². The number of allylic oxidation sites excluding steroid dienone is 1. The van der Waals surface area contributed by atoms with E-state index in [0.29, 0.717) is 22.2 Å². The van der Waals surface area contributed by atoms with Crippen LogP contribution in [0.25, 0.3) is 0 Å². The molecule has 160 valence electrons. The van der Waals surface area contributed by atoms with Gasteiger partial charge in [0.05, 0.1) is 16.3 Å². The SMILES string of the molecule is CCN(CC)c1ccc([C@H]2C(C(=O)Nc3ccccc3Cl)=C(C)Nc3ncnn32)cc1. The lowest BCUT2D eigenvalue weighted by atomic mass is 9.94. The minimum Gasteiger partial charge on any atom is -0.372 e. The van der Waals surface area contributed by atoms with Crippen LogP contribution >= 0.6 is 11.6 Å². The van der Waals surface area contributed by atoms with Gasteiger partial charge in [0, 0.05) is 24.5 Å². The number of rotatable bonds is 6. The monoisotopic (exact) mass is 436 g/mol. The molecule has 0 saturated carbocycles. The molecule has 7 nitrogen and oxygen atoms in total. The van der Waals surface area contributed by atoms with Gasteiger partial charge >= 0.3 is 0 Å². The van der Waals surface area contributed by atoms with Gasteiger partial charge in [-0.25, -0.2) is 4.68 Å². The molecule has 8 heteroatoms. The van der Waals surface area contributed by atoms with Crippen molar-refractivity contribution in [1.29, 1.82) is 0 Å². The second-order valence-corrected chi connectivity index (χ2v) is 7.70. The van der Waals surface area contributed by atoms with Gasteiger partial charge in [0.1, 0.15) is 12.4 Å². The second-order valence-electron chi connectivity index (χ2n) is 7.29. The van der Waals surface area contributed by atoms with E-state index in [1.807, 2.05) is 31.2 Å². The molecule has 1 aliphatic heterocycles. The highest BCUT2D eigenvalue weighted by Crippen LogP contribution is 2.36. The molecule has 0 spiro atoms. The summed E-state index contributed by atoms with van der Waals surface area (Å²) in [6.45, 7) is 8.00. The Kier molecular flexibility index (Phi) is 5.95. The Morgan fingerprint density at radius 3 is 2.55 bits per heavy atom. The van der Waals surface area contributed by atoms with E-state index in [4.69, 9.17) is 11.6 Å². The van der Waals surface area contributed by atoms with E-state index >= 15 is 0 Å². The summed E-state index contributed by atoms with van der Waals surface area (Å²) < 4.78 is 1.74. The van der Waals surface area contributed by atoms with Crippen molar-refractivity contribution in [2.75, 3.05) is 28.6 Å². The topological polar surface area (TPSA) is 75.1 Å². The summed E-state index contributed by atoms with van der Waals surface area (Å²) in [5.41, 5.74) is 3.95. The summed E-state index contributed by atoms with van der Waals surface area (Å²) in [5.74, 6) is 0.363. The average molecular weight is 437 g/mol. The van der Waals surface area contributed by atoms with Crippen molar-refractivity contribution in [2.24, 2.45) is 0 Å². The van der Waals surface area contributed by atoms with Crippen LogP contribution in [-0.4, -0.2) is 33.8 Å². The number of carbonyl (C=O) groups is 1. The molecule has 4 rings (SSSR count). The molecule has 1 aliphatic rings. The molecule has 0 radical (unpaired) electrons. The molecule has 1 aromatic heterocycles. The predicted octanol–water partition coefficient (Wildman–Crippen LogP) is 4.71. The zero-order valence-electron chi connectivity index (χ0n) is 17.8. The smallest absolute Gasteiger partial charge is 0.255 e. The van der Waals surface area contributed by atoms with E-state index in [1.54, 1.807) is 16.8 Å². The number of halogens is 1. The number of anilines is 3. The summed E-state index contributed by atoms with van der Waals surface area (Å²) >= 11 is 6.26. The van der Waals surface area contributed by atoms with Crippen LogP contribution in [0.2, 0.25) is 5.02 Å². The lowest BCUT2D eigenvalue weighted by Crippen LogP contribution is -2.31. The number of amides is 1. The van der Waals surface area contributed by atoms with Crippen molar-refractivity contribution in [3.8, 4) is 0 Å².